The number of fused-ring (bicyclic) bond motifs is 1. The van der Waals surface area contributed by atoms with Crippen LogP contribution in [0.3, 0.4) is 0 Å². The topological polar surface area (TPSA) is 47.7 Å². The van der Waals surface area contributed by atoms with Crippen LogP contribution in [0.4, 0.5) is 0 Å². The van der Waals surface area contributed by atoms with Gasteiger partial charge in [-0.25, -0.2) is 0 Å². The van der Waals surface area contributed by atoms with Gasteiger partial charge in [-0.3, -0.25) is 4.90 Å². The molecule has 1 aliphatic heterocycles. The molecule has 0 radical (unpaired) electrons. The normalized spacial score (nSPS) is 19.1. The van der Waals surface area contributed by atoms with Gasteiger partial charge in [0.1, 0.15) is 13.2 Å². The fourth-order valence-corrected chi connectivity index (χ4v) is 2.93. The van der Waals surface area contributed by atoms with Gasteiger partial charge in [-0.15, -0.1) is 0 Å². The van der Waals surface area contributed by atoms with Crippen molar-refractivity contribution in [1.29, 1.82) is 0 Å². The molecule has 3 rings (SSSR count). The van der Waals surface area contributed by atoms with Crippen molar-refractivity contribution in [3.05, 3.63) is 23.8 Å². The van der Waals surface area contributed by atoms with Gasteiger partial charge in [0.15, 0.2) is 11.5 Å². The Morgan fingerprint density at radius 2 is 1.86 bits per heavy atom. The van der Waals surface area contributed by atoms with Crippen molar-refractivity contribution >= 4 is 0 Å². The molecule has 1 unspecified atom stereocenters. The van der Waals surface area contributed by atoms with E-state index in [1.54, 1.807) is 0 Å². The number of hydrogen-bond acceptors (Lipinski definition) is 4. The summed E-state index contributed by atoms with van der Waals surface area (Å²) < 4.78 is 11.2. The molecule has 1 atom stereocenters. The van der Waals surface area contributed by atoms with Crippen LogP contribution >= 0.6 is 0 Å². The van der Waals surface area contributed by atoms with Crippen molar-refractivity contribution < 1.29 is 9.47 Å². The van der Waals surface area contributed by atoms with E-state index < -0.39 is 0 Å². The highest BCUT2D eigenvalue weighted by atomic mass is 16.6. The first-order valence-electron chi connectivity index (χ1n) is 8.02. The van der Waals surface area contributed by atoms with E-state index in [1.807, 2.05) is 12.1 Å². The zero-order chi connectivity index (χ0) is 14.8. The van der Waals surface area contributed by atoms with Crippen LogP contribution in [-0.4, -0.2) is 37.2 Å². The molecule has 0 bridgehead atoms. The lowest BCUT2D eigenvalue weighted by molar-refractivity contribution is 0.171. The van der Waals surface area contributed by atoms with Gasteiger partial charge in [-0.05, 0) is 36.5 Å². The number of nitrogens with zero attached hydrogens (tertiary/aromatic N) is 1. The average Bonchev–Trinajstić information content (AvgIpc) is 3.30. The second kappa shape index (κ2) is 6.24. The lowest BCUT2D eigenvalue weighted by Gasteiger charge is -2.28. The average molecular weight is 290 g/mol. The molecule has 21 heavy (non-hydrogen) atoms. The standard InChI is InChI=1S/C17H26N2O2/c1-12(2)10-19(14-4-5-14)11-15(18)13-3-6-16-17(9-13)21-8-7-20-16/h3,6,9,12,14-15H,4-5,7-8,10-11,18H2,1-2H3. The molecule has 4 nitrogen and oxygen atoms in total. The SMILES string of the molecule is CC(C)CN(CC(N)c1ccc2c(c1)OCCO2)C1CC1. The van der Waals surface area contributed by atoms with Crippen molar-refractivity contribution in [3.8, 4) is 11.5 Å². The molecule has 0 aromatic heterocycles. The molecule has 1 heterocycles. The Labute approximate surface area is 127 Å². The summed E-state index contributed by atoms with van der Waals surface area (Å²) in [6, 6.07) is 6.86. The van der Waals surface area contributed by atoms with Crippen molar-refractivity contribution in [1.82, 2.24) is 4.90 Å². The minimum Gasteiger partial charge on any atom is -0.486 e. The Morgan fingerprint density at radius 1 is 1.14 bits per heavy atom. The second-order valence-corrected chi connectivity index (χ2v) is 6.59. The Morgan fingerprint density at radius 3 is 2.52 bits per heavy atom. The highest BCUT2D eigenvalue weighted by Crippen LogP contribution is 2.33. The van der Waals surface area contributed by atoms with Crippen LogP contribution in [0.15, 0.2) is 18.2 Å². The van der Waals surface area contributed by atoms with Crippen molar-refractivity contribution in [2.75, 3.05) is 26.3 Å². The fourth-order valence-electron chi connectivity index (χ4n) is 2.93. The van der Waals surface area contributed by atoms with E-state index in [0.29, 0.717) is 19.1 Å². The summed E-state index contributed by atoms with van der Waals surface area (Å²) in [4.78, 5) is 2.55. The van der Waals surface area contributed by atoms with Crippen LogP contribution in [0.2, 0.25) is 0 Å². The van der Waals surface area contributed by atoms with Gasteiger partial charge in [0.2, 0.25) is 0 Å². The molecule has 0 spiro atoms. The van der Waals surface area contributed by atoms with Gasteiger partial charge in [0.25, 0.3) is 0 Å². The van der Waals surface area contributed by atoms with E-state index in [-0.39, 0.29) is 6.04 Å². The molecule has 1 saturated carbocycles. The summed E-state index contributed by atoms with van der Waals surface area (Å²) in [5.74, 6) is 2.34. The first-order chi connectivity index (χ1) is 10.1. The Balaban J connectivity index is 1.67. The molecule has 116 valence electrons. The first-order valence-corrected chi connectivity index (χ1v) is 8.02. The van der Waals surface area contributed by atoms with Crippen molar-refractivity contribution in [2.45, 2.75) is 38.8 Å². The zero-order valence-electron chi connectivity index (χ0n) is 13.0. The van der Waals surface area contributed by atoms with Crippen molar-refractivity contribution in [2.24, 2.45) is 11.7 Å². The third kappa shape index (κ3) is 3.69. The summed E-state index contributed by atoms with van der Waals surface area (Å²) in [6.45, 7) is 7.83. The van der Waals surface area contributed by atoms with Gasteiger partial charge in [-0.1, -0.05) is 19.9 Å². The van der Waals surface area contributed by atoms with E-state index in [1.165, 1.54) is 12.8 Å². The molecule has 1 aromatic rings. The Hall–Kier alpha value is -1.26. The summed E-state index contributed by atoms with van der Waals surface area (Å²) in [7, 11) is 0. The van der Waals surface area contributed by atoms with Gasteiger partial charge in [0.05, 0.1) is 0 Å². The van der Waals surface area contributed by atoms with Crippen LogP contribution in [-0.2, 0) is 0 Å². The molecule has 2 N–H and O–H groups in total. The molecule has 1 fully saturated rings. The second-order valence-electron chi connectivity index (χ2n) is 6.59. The monoisotopic (exact) mass is 290 g/mol. The van der Waals surface area contributed by atoms with Gasteiger partial charge in [-0.2, -0.15) is 0 Å². The minimum absolute atomic E-state index is 0.0279. The number of benzene rings is 1. The highest BCUT2D eigenvalue weighted by molar-refractivity contribution is 5.44. The van der Waals surface area contributed by atoms with Crippen LogP contribution in [0, 0.1) is 5.92 Å². The molecular weight excluding hydrogens is 264 g/mol. The molecule has 2 aliphatic rings. The minimum atomic E-state index is 0.0279. The molecule has 1 aliphatic carbocycles. The zero-order valence-corrected chi connectivity index (χ0v) is 13.0. The van der Waals surface area contributed by atoms with Crippen LogP contribution in [0.1, 0.15) is 38.3 Å². The molecule has 4 heteroatoms. The highest BCUT2D eigenvalue weighted by Gasteiger charge is 2.30. The predicted molar refractivity (Wildman–Crippen MR) is 83.8 cm³/mol. The van der Waals surface area contributed by atoms with Gasteiger partial charge in [0, 0.05) is 25.2 Å². The van der Waals surface area contributed by atoms with Crippen LogP contribution in [0.5, 0.6) is 11.5 Å². The Kier molecular flexibility index (Phi) is 4.36. The number of nitrogens with two attached hydrogens (primary N) is 1. The van der Waals surface area contributed by atoms with Gasteiger partial charge >= 0.3 is 0 Å². The quantitative estimate of drug-likeness (QED) is 0.875. The maximum Gasteiger partial charge on any atom is 0.161 e. The largest absolute Gasteiger partial charge is 0.486 e. The molecule has 0 saturated heterocycles. The number of hydrogen-bond donors (Lipinski definition) is 1. The van der Waals surface area contributed by atoms with Crippen LogP contribution in [0.25, 0.3) is 0 Å². The maximum absolute atomic E-state index is 6.43. The fraction of sp³-hybridized carbons (Fsp3) is 0.647. The van der Waals surface area contributed by atoms with Crippen LogP contribution < -0.4 is 15.2 Å². The molecule has 1 aromatic carbocycles. The number of ether oxygens (including phenoxy) is 2. The van der Waals surface area contributed by atoms with Crippen molar-refractivity contribution in [3.63, 3.8) is 0 Å². The summed E-state index contributed by atoms with van der Waals surface area (Å²) >= 11 is 0. The smallest absolute Gasteiger partial charge is 0.161 e. The van der Waals surface area contributed by atoms with E-state index in [4.69, 9.17) is 15.2 Å². The molecular formula is C17H26N2O2. The molecule has 0 amide bonds. The van der Waals surface area contributed by atoms with E-state index in [2.05, 4.69) is 24.8 Å². The maximum atomic E-state index is 6.43. The first kappa shape index (κ1) is 14.7. The van der Waals surface area contributed by atoms with E-state index in [9.17, 15) is 0 Å². The summed E-state index contributed by atoms with van der Waals surface area (Å²) in [6.07, 6.45) is 2.64. The lowest BCUT2D eigenvalue weighted by atomic mass is 10.1. The van der Waals surface area contributed by atoms with E-state index >= 15 is 0 Å². The summed E-state index contributed by atoms with van der Waals surface area (Å²) in [5.41, 5.74) is 7.57. The third-order valence-corrected chi connectivity index (χ3v) is 4.09. The number of rotatable bonds is 6. The summed E-state index contributed by atoms with van der Waals surface area (Å²) in [5, 5.41) is 0. The Bertz CT molecular complexity index is 486. The predicted octanol–water partition coefficient (Wildman–Crippen LogP) is 2.58. The third-order valence-electron chi connectivity index (χ3n) is 4.09. The van der Waals surface area contributed by atoms with E-state index in [0.717, 1.165) is 36.2 Å². The van der Waals surface area contributed by atoms with Gasteiger partial charge < -0.3 is 15.2 Å². The lowest BCUT2D eigenvalue weighted by Crippen LogP contribution is -2.36.